The second kappa shape index (κ2) is 8.57. The summed E-state index contributed by atoms with van der Waals surface area (Å²) in [5.41, 5.74) is 1.49. The SMILES string of the molecule is C[C@@H](NC(=O)c1ccc2cc[nH]c2c1)C(=O)N1CCC(C2CCN(C)CC2)CC1. The van der Waals surface area contributed by atoms with Crippen LogP contribution in [0.25, 0.3) is 10.9 Å². The number of nitrogens with zero attached hydrogens (tertiary/aromatic N) is 2. The van der Waals surface area contributed by atoms with Crippen LogP contribution in [0.15, 0.2) is 30.5 Å². The van der Waals surface area contributed by atoms with Gasteiger partial charge in [0.1, 0.15) is 6.04 Å². The molecular formula is C23H32N4O2. The Morgan fingerprint density at radius 3 is 2.38 bits per heavy atom. The molecule has 6 heteroatoms. The molecule has 2 aliphatic heterocycles. The number of aromatic amines is 1. The molecule has 2 fully saturated rings. The first-order chi connectivity index (χ1) is 14.0. The predicted octanol–water partition coefficient (Wildman–Crippen LogP) is 2.87. The summed E-state index contributed by atoms with van der Waals surface area (Å²) in [5.74, 6) is 1.37. The van der Waals surface area contributed by atoms with E-state index in [9.17, 15) is 9.59 Å². The minimum atomic E-state index is -0.512. The number of rotatable bonds is 4. The van der Waals surface area contributed by atoms with Gasteiger partial charge in [-0.05, 0) is 88.2 Å². The van der Waals surface area contributed by atoms with E-state index >= 15 is 0 Å². The van der Waals surface area contributed by atoms with Crippen LogP contribution in [-0.4, -0.2) is 65.9 Å². The second-order valence-electron chi connectivity index (χ2n) is 8.78. The van der Waals surface area contributed by atoms with Crippen molar-refractivity contribution < 1.29 is 9.59 Å². The van der Waals surface area contributed by atoms with Crippen molar-refractivity contribution in [3.8, 4) is 0 Å². The fraction of sp³-hybridized carbons (Fsp3) is 0.565. The lowest BCUT2D eigenvalue weighted by atomic mass is 9.79. The highest BCUT2D eigenvalue weighted by molar-refractivity contribution is 6.00. The second-order valence-corrected chi connectivity index (χ2v) is 8.78. The normalized spacial score (nSPS) is 20.7. The van der Waals surface area contributed by atoms with Crippen molar-refractivity contribution >= 4 is 22.7 Å². The first-order valence-corrected chi connectivity index (χ1v) is 10.9. The number of nitrogens with one attached hydrogen (secondary N) is 2. The number of fused-ring (bicyclic) bond motifs is 1. The van der Waals surface area contributed by atoms with Crippen molar-refractivity contribution in [2.75, 3.05) is 33.2 Å². The van der Waals surface area contributed by atoms with Crippen molar-refractivity contribution in [1.29, 1.82) is 0 Å². The monoisotopic (exact) mass is 396 g/mol. The molecule has 4 rings (SSSR count). The van der Waals surface area contributed by atoms with Gasteiger partial charge in [0.15, 0.2) is 0 Å². The van der Waals surface area contributed by atoms with E-state index in [0.29, 0.717) is 5.56 Å². The topological polar surface area (TPSA) is 68.4 Å². The van der Waals surface area contributed by atoms with E-state index in [0.717, 1.165) is 48.7 Å². The van der Waals surface area contributed by atoms with E-state index in [2.05, 4.69) is 22.2 Å². The maximum absolute atomic E-state index is 12.9. The molecule has 0 aliphatic carbocycles. The minimum Gasteiger partial charge on any atom is -0.361 e. The average Bonchev–Trinajstić information content (AvgIpc) is 3.21. The van der Waals surface area contributed by atoms with Gasteiger partial charge in [-0.1, -0.05) is 6.07 Å². The van der Waals surface area contributed by atoms with Gasteiger partial charge in [0, 0.05) is 30.4 Å². The fourth-order valence-electron chi connectivity index (χ4n) is 4.90. The van der Waals surface area contributed by atoms with Crippen LogP contribution in [-0.2, 0) is 4.79 Å². The number of piperidine rings is 2. The summed E-state index contributed by atoms with van der Waals surface area (Å²) < 4.78 is 0. The number of hydrogen-bond acceptors (Lipinski definition) is 3. The number of aromatic nitrogens is 1. The number of carbonyl (C=O) groups excluding carboxylic acids is 2. The molecule has 156 valence electrons. The Labute approximate surface area is 172 Å². The van der Waals surface area contributed by atoms with E-state index in [-0.39, 0.29) is 11.8 Å². The molecule has 6 nitrogen and oxygen atoms in total. The highest BCUT2D eigenvalue weighted by atomic mass is 16.2. The maximum Gasteiger partial charge on any atom is 0.251 e. The summed E-state index contributed by atoms with van der Waals surface area (Å²) in [6, 6.07) is 7.01. The zero-order valence-corrected chi connectivity index (χ0v) is 17.5. The molecule has 2 aromatic rings. The number of carbonyl (C=O) groups is 2. The van der Waals surface area contributed by atoms with Gasteiger partial charge in [-0.25, -0.2) is 0 Å². The van der Waals surface area contributed by atoms with Crippen LogP contribution in [0.5, 0.6) is 0 Å². The third-order valence-electron chi connectivity index (χ3n) is 6.82. The third-order valence-corrected chi connectivity index (χ3v) is 6.82. The summed E-state index contributed by atoms with van der Waals surface area (Å²) in [4.78, 5) is 32.9. The van der Waals surface area contributed by atoms with Gasteiger partial charge in [0.05, 0.1) is 0 Å². The van der Waals surface area contributed by atoms with Crippen molar-refractivity contribution in [2.24, 2.45) is 11.8 Å². The first-order valence-electron chi connectivity index (χ1n) is 10.9. The number of amides is 2. The van der Waals surface area contributed by atoms with Gasteiger partial charge >= 0.3 is 0 Å². The Kier molecular flexibility index (Phi) is 5.90. The molecule has 1 atom stereocenters. The van der Waals surface area contributed by atoms with Crippen LogP contribution in [0.1, 0.15) is 43.0 Å². The van der Waals surface area contributed by atoms with Crippen molar-refractivity contribution in [2.45, 2.75) is 38.6 Å². The van der Waals surface area contributed by atoms with Gasteiger partial charge in [-0.2, -0.15) is 0 Å². The molecule has 2 amide bonds. The fourth-order valence-corrected chi connectivity index (χ4v) is 4.90. The molecular weight excluding hydrogens is 364 g/mol. The lowest BCUT2D eigenvalue weighted by Crippen LogP contribution is -2.50. The van der Waals surface area contributed by atoms with E-state index < -0.39 is 6.04 Å². The number of H-pyrrole nitrogens is 1. The minimum absolute atomic E-state index is 0.0288. The first kappa shape index (κ1) is 20.0. The van der Waals surface area contributed by atoms with Crippen molar-refractivity contribution in [3.05, 3.63) is 36.0 Å². The van der Waals surface area contributed by atoms with Gasteiger partial charge < -0.3 is 20.1 Å². The molecule has 0 bridgehead atoms. The smallest absolute Gasteiger partial charge is 0.251 e. The molecule has 2 aliphatic rings. The molecule has 0 spiro atoms. The van der Waals surface area contributed by atoms with Crippen LogP contribution in [0.2, 0.25) is 0 Å². The molecule has 0 unspecified atom stereocenters. The van der Waals surface area contributed by atoms with Gasteiger partial charge in [-0.15, -0.1) is 0 Å². The van der Waals surface area contributed by atoms with Crippen LogP contribution in [0.3, 0.4) is 0 Å². The summed E-state index contributed by atoms with van der Waals surface area (Å²) >= 11 is 0. The lowest BCUT2D eigenvalue weighted by Gasteiger charge is -2.40. The molecule has 3 heterocycles. The molecule has 2 N–H and O–H groups in total. The van der Waals surface area contributed by atoms with E-state index in [4.69, 9.17) is 0 Å². The quantitative estimate of drug-likeness (QED) is 0.835. The van der Waals surface area contributed by atoms with Gasteiger partial charge in [0.25, 0.3) is 5.91 Å². The van der Waals surface area contributed by atoms with E-state index in [1.807, 2.05) is 29.3 Å². The van der Waals surface area contributed by atoms with Crippen molar-refractivity contribution in [3.63, 3.8) is 0 Å². The molecule has 0 saturated carbocycles. The van der Waals surface area contributed by atoms with Crippen LogP contribution >= 0.6 is 0 Å². The number of benzene rings is 1. The zero-order chi connectivity index (χ0) is 20.4. The van der Waals surface area contributed by atoms with Crippen LogP contribution < -0.4 is 5.32 Å². The van der Waals surface area contributed by atoms with Gasteiger partial charge in [0.2, 0.25) is 5.91 Å². The number of hydrogen-bond donors (Lipinski definition) is 2. The summed E-state index contributed by atoms with van der Waals surface area (Å²) in [6.45, 7) is 5.80. The zero-order valence-electron chi connectivity index (χ0n) is 17.5. The van der Waals surface area contributed by atoms with Gasteiger partial charge in [-0.3, -0.25) is 9.59 Å². The molecule has 2 saturated heterocycles. The average molecular weight is 397 g/mol. The third kappa shape index (κ3) is 4.47. The molecule has 0 radical (unpaired) electrons. The summed E-state index contributed by atoms with van der Waals surface area (Å²) in [6.07, 6.45) is 6.60. The highest BCUT2D eigenvalue weighted by Crippen LogP contribution is 2.32. The Balaban J connectivity index is 1.28. The highest BCUT2D eigenvalue weighted by Gasteiger charge is 2.31. The summed E-state index contributed by atoms with van der Waals surface area (Å²) in [5, 5.41) is 3.95. The Bertz CT molecular complexity index is 861. The Morgan fingerprint density at radius 1 is 1.03 bits per heavy atom. The van der Waals surface area contributed by atoms with Crippen LogP contribution in [0.4, 0.5) is 0 Å². The largest absolute Gasteiger partial charge is 0.361 e. The van der Waals surface area contributed by atoms with Crippen LogP contribution in [0, 0.1) is 11.8 Å². The standard InChI is InChI=1S/C23H32N4O2/c1-16(25-22(28)20-4-3-19-5-10-24-21(19)15-20)23(29)27-13-8-18(9-14-27)17-6-11-26(2)12-7-17/h3-5,10,15-18,24H,6-9,11-14H2,1-2H3,(H,25,28)/t16-/m1/s1. The molecule has 1 aromatic carbocycles. The van der Waals surface area contributed by atoms with Crippen molar-refractivity contribution in [1.82, 2.24) is 20.1 Å². The molecule has 1 aromatic heterocycles. The van der Waals surface area contributed by atoms with E-state index in [1.165, 1.54) is 25.9 Å². The Morgan fingerprint density at radius 2 is 1.69 bits per heavy atom. The lowest BCUT2D eigenvalue weighted by molar-refractivity contribution is -0.134. The summed E-state index contributed by atoms with van der Waals surface area (Å²) in [7, 11) is 2.20. The Hall–Kier alpha value is -2.34. The number of likely N-dealkylation sites (tertiary alicyclic amines) is 2. The molecule has 29 heavy (non-hydrogen) atoms. The predicted molar refractivity (Wildman–Crippen MR) is 115 cm³/mol. The maximum atomic E-state index is 12.9. The van der Waals surface area contributed by atoms with E-state index in [1.54, 1.807) is 13.0 Å².